The van der Waals surface area contributed by atoms with Crippen molar-refractivity contribution >= 4 is 5.97 Å². The minimum Gasteiger partial charge on any atom is -0.493 e. The Labute approximate surface area is 117 Å². The number of aryl methyl sites for hydroxylation is 1. The molecule has 0 saturated carbocycles. The van der Waals surface area contributed by atoms with Crippen LogP contribution in [0.1, 0.15) is 34.0 Å². The van der Waals surface area contributed by atoms with Gasteiger partial charge < -0.3 is 14.4 Å². The SMILES string of the molecule is Cc1ccn(CC2CCOc3ccccc32)c1C(=O)O. The Morgan fingerprint density at radius 1 is 1.40 bits per heavy atom. The lowest BCUT2D eigenvalue weighted by Crippen LogP contribution is -2.20. The van der Waals surface area contributed by atoms with Gasteiger partial charge in [-0.1, -0.05) is 18.2 Å². The molecule has 0 saturated heterocycles. The second-order valence-electron chi connectivity index (χ2n) is 5.18. The number of aromatic carboxylic acids is 1. The summed E-state index contributed by atoms with van der Waals surface area (Å²) in [7, 11) is 0. The zero-order valence-corrected chi connectivity index (χ0v) is 11.4. The fraction of sp³-hybridized carbons (Fsp3) is 0.312. The Hall–Kier alpha value is -2.23. The van der Waals surface area contributed by atoms with Crippen molar-refractivity contribution in [1.29, 1.82) is 0 Å². The van der Waals surface area contributed by atoms with E-state index in [0.29, 0.717) is 24.8 Å². The van der Waals surface area contributed by atoms with Crippen LogP contribution in [-0.4, -0.2) is 22.2 Å². The lowest BCUT2D eigenvalue weighted by atomic mass is 9.93. The molecule has 1 atom stereocenters. The molecule has 1 aromatic carbocycles. The van der Waals surface area contributed by atoms with E-state index in [9.17, 15) is 9.90 Å². The van der Waals surface area contributed by atoms with Crippen LogP contribution in [0, 0.1) is 6.92 Å². The highest BCUT2D eigenvalue weighted by Crippen LogP contribution is 2.34. The molecule has 0 bridgehead atoms. The molecule has 1 aliphatic rings. The maximum absolute atomic E-state index is 11.3. The van der Waals surface area contributed by atoms with Crippen molar-refractivity contribution < 1.29 is 14.6 Å². The monoisotopic (exact) mass is 271 g/mol. The van der Waals surface area contributed by atoms with Crippen LogP contribution < -0.4 is 4.74 Å². The molecule has 1 aliphatic heterocycles. The lowest BCUT2D eigenvalue weighted by Gasteiger charge is -2.26. The van der Waals surface area contributed by atoms with Gasteiger partial charge in [-0.05, 0) is 36.6 Å². The molecule has 0 radical (unpaired) electrons. The number of carboxylic acid groups (broad SMARTS) is 1. The minimum atomic E-state index is -0.868. The quantitative estimate of drug-likeness (QED) is 0.933. The molecule has 20 heavy (non-hydrogen) atoms. The number of benzene rings is 1. The first-order valence-electron chi connectivity index (χ1n) is 6.77. The van der Waals surface area contributed by atoms with Gasteiger partial charge >= 0.3 is 5.97 Å². The van der Waals surface area contributed by atoms with Crippen LogP contribution in [0.4, 0.5) is 0 Å². The Morgan fingerprint density at radius 2 is 2.20 bits per heavy atom. The molecular weight excluding hydrogens is 254 g/mol. The highest BCUT2D eigenvalue weighted by molar-refractivity contribution is 5.87. The molecule has 1 unspecified atom stereocenters. The Bertz CT molecular complexity index is 645. The van der Waals surface area contributed by atoms with Crippen LogP contribution in [0.25, 0.3) is 0 Å². The van der Waals surface area contributed by atoms with Crippen molar-refractivity contribution in [2.24, 2.45) is 0 Å². The molecule has 4 heteroatoms. The van der Waals surface area contributed by atoms with Crippen molar-refractivity contribution in [3.63, 3.8) is 0 Å². The summed E-state index contributed by atoms with van der Waals surface area (Å²) in [4.78, 5) is 11.3. The first-order valence-corrected chi connectivity index (χ1v) is 6.77. The van der Waals surface area contributed by atoms with E-state index in [4.69, 9.17) is 4.74 Å². The van der Waals surface area contributed by atoms with Crippen molar-refractivity contribution in [1.82, 2.24) is 4.57 Å². The minimum absolute atomic E-state index is 0.296. The third kappa shape index (κ3) is 2.18. The van der Waals surface area contributed by atoms with Gasteiger partial charge in [-0.3, -0.25) is 0 Å². The van der Waals surface area contributed by atoms with Gasteiger partial charge in [-0.25, -0.2) is 4.79 Å². The zero-order valence-electron chi connectivity index (χ0n) is 11.4. The normalized spacial score (nSPS) is 17.4. The molecule has 2 heterocycles. The smallest absolute Gasteiger partial charge is 0.352 e. The van der Waals surface area contributed by atoms with E-state index in [1.165, 1.54) is 5.56 Å². The average Bonchev–Trinajstić information content (AvgIpc) is 2.80. The molecule has 104 valence electrons. The molecule has 0 amide bonds. The predicted molar refractivity (Wildman–Crippen MR) is 75.4 cm³/mol. The topological polar surface area (TPSA) is 51.5 Å². The number of para-hydroxylation sites is 1. The number of nitrogens with zero attached hydrogens (tertiary/aromatic N) is 1. The summed E-state index contributed by atoms with van der Waals surface area (Å²) in [6, 6.07) is 9.86. The molecule has 0 aliphatic carbocycles. The standard InChI is InChI=1S/C16H17NO3/c1-11-6-8-17(15(11)16(18)19)10-12-7-9-20-14-5-3-2-4-13(12)14/h2-6,8,12H,7,9-10H2,1H3,(H,18,19). The number of fused-ring (bicyclic) bond motifs is 1. The largest absolute Gasteiger partial charge is 0.493 e. The molecule has 4 nitrogen and oxygen atoms in total. The van der Waals surface area contributed by atoms with E-state index in [-0.39, 0.29) is 0 Å². The maximum atomic E-state index is 11.3. The zero-order chi connectivity index (χ0) is 14.1. The summed E-state index contributed by atoms with van der Waals surface area (Å²) in [6.45, 7) is 3.19. The first kappa shape index (κ1) is 12.8. The molecule has 1 aromatic heterocycles. The third-order valence-corrected chi connectivity index (χ3v) is 3.87. The van der Waals surface area contributed by atoms with Crippen LogP contribution in [-0.2, 0) is 6.54 Å². The Kier molecular flexibility index (Phi) is 3.22. The number of rotatable bonds is 3. The summed E-state index contributed by atoms with van der Waals surface area (Å²) in [5, 5.41) is 9.31. The maximum Gasteiger partial charge on any atom is 0.352 e. The van der Waals surface area contributed by atoms with E-state index in [2.05, 4.69) is 6.07 Å². The van der Waals surface area contributed by atoms with E-state index < -0.39 is 5.97 Å². The van der Waals surface area contributed by atoms with Gasteiger partial charge in [0.05, 0.1) is 6.61 Å². The average molecular weight is 271 g/mol. The van der Waals surface area contributed by atoms with E-state index in [1.807, 2.05) is 42.0 Å². The molecule has 1 N–H and O–H groups in total. The summed E-state index contributed by atoms with van der Waals surface area (Å²) >= 11 is 0. The van der Waals surface area contributed by atoms with Crippen molar-refractivity contribution in [2.45, 2.75) is 25.8 Å². The van der Waals surface area contributed by atoms with Gasteiger partial charge in [0, 0.05) is 18.7 Å². The molecule has 0 spiro atoms. The number of carbonyl (C=O) groups is 1. The molecule has 2 aromatic rings. The van der Waals surface area contributed by atoms with Crippen LogP contribution in [0.3, 0.4) is 0 Å². The highest BCUT2D eigenvalue weighted by Gasteiger charge is 2.23. The second-order valence-corrected chi connectivity index (χ2v) is 5.18. The van der Waals surface area contributed by atoms with Crippen molar-refractivity contribution in [3.05, 3.63) is 53.3 Å². The predicted octanol–water partition coefficient (Wildman–Crippen LogP) is 3.06. The summed E-state index contributed by atoms with van der Waals surface area (Å²) < 4.78 is 7.49. The fourth-order valence-electron chi connectivity index (χ4n) is 2.87. The number of hydrogen-bond donors (Lipinski definition) is 1. The van der Waals surface area contributed by atoms with Gasteiger partial charge in [-0.15, -0.1) is 0 Å². The summed E-state index contributed by atoms with van der Waals surface area (Å²) in [5.74, 6) is 0.349. The Balaban J connectivity index is 1.92. The number of hydrogen-bond acceptors (Lipinski definition) is 2. The van der Waals surface area contributed by atoms with Crippen LogP contribution in [0.2, 0.25) is 0 Å². The second kappa shape index (κ2) is 5.04. The highest BCUT2D eigenvalue weighted by atomic mass is 16.5. The Morgan fingerprint density at radius 3 is 3.00 bits per heavy atom. The number of ether oxygens (including phenoxy) is 1. The third-order valence-electron chi connectivity index (χ3n) is 3.87. The first-order chi connectivity index (χ1) is 9.66. The van der Waals surface area contributed by atoms with Crippen LogP contribution in [0.5, 0.6) is 5.75 Å². The summed E-state index contributed by atoms with van der Waals surface area (Å²) in [5.41, 5.74) is 2.35. The van der Waals surface area contributed by atoms with Crippen molar-refractivity contribution in [2.75, 3.05) is 6.61 Å². The lowest BCUT2D eigenvalue weighted by molar-refractivity contribution is 0.0683. The van der Waals surface area contributed by atoms with Crippen molar-refractivity contribution in [3.8, 4) is 5.75 Å². The summed E-state index contributed by atoms with van der Waals surface area (Å²) in [6.07, 6.45) is 2.77. The van der Waals surface area contributed by atoms with E-state index in [0.717, 1.165) is 17.7 Å². The van der Waals surface area contributed by atoms with Gasteiger partial charge in [0.25, 0.3) is 0 Å². The number of aromatic nitrogens is 1. The molecule has 0 fully saturated rings. The van der Waals surface area contributed by atoms with E-state index >= 15 is 0 Å². The van der Waals surface area contributed by atoms with Gasteiger partial charge in [0.15, 0.2) is 0 Å². The van der Waals surface area contributed by atoms with Crippen LogP contribution >= 0.6 is 0 Å². The van der Waals surface area contributed by atoms with E-state index in [1.54, 1.807) is 0 Å². The van der Waals surface area contributed by atoms with Gasteiger partial charge in [0.1, 0.15) is 11.4 Å². The number of carboxylic acids is 1. The molecular formula is C16H17NO3. The molecule has 3 rings (SSSR count). The van der Waals surface area contributed by atoms with Crippen LogP contribution in [0.15, 0.2) is 36.5 Å². The fourth-order valence-corrected chi connectivity index (χ4v) is 2.87. The van der Waals surface area contributed by atoms with Gasteiger partial charge in [-0.2, -0.15) is 0 Å². The van der Waals surface area contributed by atoms with Gasteiger partial charge in [0.2, 0.25) is 0 Å².